The summed E-state index contributed by atoms with van der Waals surface area (Å²) in [5, 5.41) is 16.7. The molecule has 128 valence electrons. The SMILES string of the molecule is CCn1c(CC2CC2)nnc1N1CCC(n2cc(C(N)=O)nn2)C1. The van der Waals surface area contributed by atoms with Gasteiger partial charge >= 0.3 is 0 Å². The molecule has 9 nitrogen and oxygen atoms in total. The lowest BCUT2D eigenvalue weighted by molar-refractivity contribution is 0.0995. The van der Waals surface area contributed by atoms with Crippen LogP contribution in [0.1, 0.15) is 48.5 Å². The molecule has 24 heavy (non-hydrogen) atoms. The molecule has 0 radical (unpaired) electrons. The van der Waals surface area contributed by atoms with Crippen LogP contribution in [0, 0.1) is 5.92 Å². The highest BCUT2D eigenvalue weighted by Crippen LogP contribution is 2.33. The monoisotopic (exact) mass is 330 g/mol. The summed E-state index contributed by atoms with van der Waals surface area (Å²) < 4.78 is 3.95. The molecule has 0 spiro atoms. The van der Waals surface area contributed by atoms with Crippen LogP contribution in [0.3, 0.4) is 0 Å². The van der Waals surface area contributed by atoms with E-state index in [0.29, 0.717) is 0 Å². The zero-order valence-electron chi connectivity index (χ0n) is 13.8. The Morgan fingerprint density at radius 3 is 2.79 bits per heavy atom. The number of carbonyl (C=O) groups excluding carboxylic acids is 1. The van der Waals surface area contributed by atoms with Crippen molar-refractivity contribution in [2.45, 2.75) is 45.2 Å². The van der Waals surface area contributed by atoms with Gasteiger partial charge in [0.05, 0.1) is 12.2 Å². The highest BCUT2D eigenvalue weighted by Gasteiger charge is 2.30. The third-order valence-electron chi connectivity index (χ3n) is 4.88. The Morgan fingerprint density at radius 1 is 1.29 bits per heavy atom. The van der Waals surface area contributed by atoms with Gasteiger partial charge in [0.1, 0.15) is 5.82 Å². The van der Waals surface area contributed by atoms with Gasteiger partial charge in [-0.3, -0.25) is 9.36 Å². The molecule has 2 N–H and O–H groups in total. The summed E-state index contributed by atoms with van der Waals surface area (Å²) in [6, 6.07) is 0.166. The number of hydrogen-bond acceptors (Lipinski definition) is 6. The maximum Gasteiger partial charge on any atom is 0.270 e. The van der Waals surface area contributed by atoms with Gasteiger partial charge in [-0.05, 0) is 32.1 Å². The predicted molar refractivity (Wildman–Crippen MR) is 86.5 cm³/mol. The number of carbonyl (C=O) groups is 1. The van der Waals surface area contributed by atoms with Crippen LogP contribution in [0.15, 0.2) is 6.20 Å². The fourth-order valence-electron chi connectivity index (χ4n) is 3.32. The van der Waals surface area contributed by atoms with Gasteiger partial charge < -0.3 is 10.6 Å². The van der Waals surface area contributed by atoms with Crippen LogP contribution in [0.25, 0.3) is 0 Å². The van der Waals surface area contributed by atoms with Gasteiger partial charge in [-0.1, -0.05) is 5.21 Å². The summed E-state index contributed by atoms with van der Waals surface area (Å²) in [4.78, 5) is 13.4. The molecule has 0 aromatic carbocycles. The van der Waals surface area contributed by atoms with Gasteiger partial charge in [0.15, 0.2) is 5.69 Å². The van der Waals surface area contributed by atoms with Crippen molar-refractivity contribution in [3.05, 3.63) is 17.7 Å². The second-order valence-electron chi connectivity index (χ2n) is 6.64. The van der Waals surface area contributed by atoms with Crippen LogP contribution in [0.5, 0.6) is 0 Å². The summed E-state index contributed by atoms with van der Waals surface area (Å²) in [5.41, 5.74) is 5.45. The Kier molecular flexibility index (Phi) is 3.70. The van der Waals surface area contributed by atoms with E-state index in [-0.39, 0.29) is 11.7 Å². The molecule has 1 aliphatic carbocycles. The van der Waals surface area contributed by atoms with Crippen molar-refractivity contribution >= 4 is 11.9 Å². The van der Waals surface area contributed by atoms with Gasteiger partial charge in [-0.2, -0.15) is 0 Å². The van der Waals surface area contributed by atoms with Crippen molar-refractivity contribution < 1.29 is 4.79 Å². The zero-order valence-corrected chi connectivity index (χ0v) is 13.8. The first-order chi connectivity index (χ1) is 11.7. The standard InChI is InChI=1S/C15H22N8O/c1-2-22-13(7-10-3-4-10)18-19-15(22)21-6-5-11(8-21)23-9-12(14(16)24)17-20-23/h9-11H,2-8H2,1H3,(H2,16,24). The van der Waals surface area contributed by atoms with E-state index < -0.39 is 5.91 Å². The topological polar surface area (TPSA) is 108 Å². The molecule has 2 aromatic rings. The molecule has 2 fully saturated rings. The van der Waals surface area contributed by atoms with Gasteiger partial charge in [0.25, 0.3) is 5.91 Å². The molecule has 0 bridgehead atoms. The molecular weight excluding hydrogens is 308 g/mol. The summed E-state index contributed by atoms with van der Waals surface area (Å²) in [5.74, 6) is 2.27. The molecule has 1 amide bonds. The average molecular weight is 330 g/mol. The van der Waals surface area contributed by atoms with Crippen LogP contribution >= 0.6 is 0 Å². The Morgan fingerprint density at radius 2 is 2.12 bits per heavy atom. The van der Waals surface area contributed by atoms with Crippen molar-refractivity contribution in [2.24, 2.45) is 11.7 Å². The normalized spacial score (nSPS) is 20.7. The third-order valence-corrected chi connectivity index (χ3v) is 4.88. The lowest BCUT2D eigenvalue weighted by Crippen LogP contribution is -2.25. The van der Waals surface area contributed by atoms with Crippen LogP contribution in [-0.4, -0.2) is 48.8 Å². The molecule has 2 aliphatic rings. The minimum atomic E-state index is -0.549. The molecule has 3 heterocycles. The van der Waals surface area contributed by atoms with E-state index in [1.807, 2.05) is 0 Å². The highest BCUT2D eigenvalue weighted by molar-refractivity contribution is 5.90. The molecular formula is C15H22N8O. The molecule has 1 aliphatic heterocycles. The molecule has 1 saturated carbocycles. The first kappa shape index (κ1) is 15.1. The molecule has 2 aromatic heterocycles. The van der Waals surface area contributed by atoms with E-state index in [4.69, 9.17) is 5.73 Å². The second kappa shape index (κ2) is 5.88. The van der Waals surface area contributed by atoms with Gasteiger partial charge in [0, 0.05) is 26.1 Å². The molecule has 9 heteroatoms. The van der Waals surface area contributed by atoms with Crippen molar-refractivity contribution in [1.82, 2.24) is 29.8 Å². The zero-order chi connectivity index (χ0) is 16.7. The molecule has 1 atom stereocenters. The molecule has 4 rings (SSSR count). The summed E-state index contributed by atoms with van der Waals surface area (Å²) in [7, 11) is 0. The molecule has 1 unspecified atom stereocenters. The van der Waals surface area contributed by atoms with Gasteiger partial charge in [-0.15, -0.1) is 15.3 Å². The lowest BCUT2D eigenvalue weighted by atomic mass is 10.3. The average Bonchev–Trinajstić information content (AvgIpc) is 2.98. The van der Waals surface area contributed by atoms with Crippen molar-refractivity contribution in [2.75, 3.05) is 18.0 Å². The Bertz CT molecular complexity index is 746. The van der Waals surface area contributed by atoms with E-state index in [1.54, 1.807) is 10.9 Å². The predicted octanol–water partition coefficient (Wildman–Crippen LogP) is 0.392. The number of nitrogens with zero attached hydrogens (tertiary/aromatic N) is 7. The largest absolute Gasteiger partial charge is 0.364 e. The minimum Gasteiger partial charge on any atom is -0.364 e. The first-order valence-electron chi connectivity index (χ1n) is 8.54. The van der Waals surface area contributed by atoms with Crippen molar-refractivity contribution in [3.63, 3.8) is 0 Å². The quantitative estimate of drug-likeness (QED) is 0.821. The highest BCUT2D eigenvalue weighted by atomic mass is 16.1. The van der Waals surface area contributed by atoms with Gasteiger partial charge in [0.2, 0.25) is 5.95 Å². The maximum atomic E-state index is 11.2. The number of aromatic nitrogens is 6. The second-order valence-corrected chi connectivity index (χ2v) is 6.64. The van der Waals surface area contributed by atoms with Crippen molar-refractivity contribution in [1.29, 1.82) is 0 Å². The van der Waals surface area contributed by atoms with E-state index in [0.717, 1.165) is 50.2 Å². The summed E-state index contributed by atoms with van der Waals surface area (Å²) in [6.45, 7) is 4.68. The number of hydrogen-bond donors (Lipinski definition) is 1. The summed E-state index contributed by atoms with van der Waals surface area (Å²) >= 11 is 0. The Balaban J connectivity index is 1.49. The summed E-state index contributed by atoms with van der Waals surface area (Å²) in [6.07, 6.45) is 6.21. The minimum absolute atomic E-state index is 0.166. The number of rotatable bonds is 6. The number of anilines is 1. The number of amides is 1. The molecule has 1 saturated heterocycles. The van der Waals surface area contributed by atoms with E-state index in [9.17, 15) is 4.79 Å². The van der Waals surface area contributed by atoms with Crippen LogP contribution in [0.4, 0.5) is 5.95 Å². The fraction of sp³-hybridized carbons (Fsp3) is 0.667. The first-order valence-corrected chi connectivity index (χ1v) is 8.54. The maximum absolute atomic E-state index is 11.2. The lowest BCUT2D eigenvalue weighted by Gasteiger charge is -2.18. The van der Waals surface area contributed by atoms with Crippen LogP contribution in [-0.2, 0) is 13.0 Å². The number of primary amides is 1. The fourth-order valence-corrected chi connectivity index (χ4v) is 3.32. The van der Waals surface area contributed by atoms with E-state index >= 15 is 0 Å². The van der Waals surface area contributed by atoms with Gasteiger partial charge in [-0.25, -0.2) is 4.68 Å². The number of nitrogens with two attached hydrogens (primary N) is 1. The van der Waals surface area contributed by atoms with Crippen molar-refractivity contribution in [3.8, 4) is 0 Å². The van der Waals surface area contributed by atoms with Crippen LogP contribution < -0.4 is 10.6 Å². The van der Waals surface area contributed by atoms with Crippen LogP contribution in [0.2, 0.25) is 0 Å². The smallest absolute Gasteiger partial charge is 0.270 e. The Hall–Kier alpha value is -2.45. The Labute approximate surface area is 139 Å². The van der Waals surface area contributed by atoms with E-state index in [1.165, 1.54) is 12.8 Å². The third kappa shape index (κ3) is 2.74. The van der Waals surface area contributed by atoms with E-state index in [2.05, 4.69) is 36.9 Å².